The Morgan fingerprint density at radius 3 is 2.81 bits per heavy atom. The molecule has 0 bridgehead atoms. The van der Waals surface area contributed by atoms with Gasteiger partial charge in [0.05, 0.1) is 23.7 Å². The Morgan fingerprint density at radius 1 is 1.11 bits per heavy atom. The minimum atomic E-state index is 0.403. The van der Waals surface area contributed by atoms with Crippen LogP contribution in [0.15, 0.2) is 41.9 Å². The maximum absolute atomic E-state index is 5.54. The Hall–Kier alpha value is -3.13. The van der Waals surface area contributed by atoms with Crippen LogP contribution in [0.3, 0.4) is 0 Å². The van der Waals surface area contributed by atoms with Gasteiger partial charge in [-0.2, -0.15) is 0 Å². The number of piperazine rings is 1. The van der Waals surface area contributed by atoms with E-state index in [2.05, 4.69) is 55.5 Å². The number of hydrogen-bond donors (Lipinski definition) is 2. The van der Waals surface area contributed by atoms with Crippen molar-refractivity contribution in [2.45, 2.75) is 0 Å². The molecule has 8 nitrogen and oxygen atoms in total. The summed E-state index contributed by atoms with van der Waals surface area (Å²) < 4.78 is 5.54. The van der Waals surface area contributed by atoms with Crippen LogP contribution in [-0.4, -0.2) is 65.7 Å². The average molecular weight is 363 g/mol. The summed E-state index contributed by atoms with van der Waals surface area (Å²) in [5, 5.41) is 5.26. The minimum Gasteiger partial charge on any atom is -0.453 e. The fraction of sp³-hybridized carbons (Fsp3) is 0.316. The van der Waals surface area contributed by atoms with Gasteiger partial charge in [0.1, 0.15) is 5.82 Å². The average Bonchev–Trinajstić information content (AvgIpc) is 3.37. The first-order valence-electron chi connectivity index (χ1n) is 9.09. The number of rotatable bonds is 3. The Balaban J connectivity index is 1.50. The van der Waals surface area contributed by atoms with E-state index in [1.165, 1.54) is 0 Å². The lowest BCUT2D eigenvalue weighted by atomic mass is 10.1. The van der Waals surface area contributed by atoms with Gasteiger partial charge in [-0.25, -0.2) is 4.98 Å². The number of H-pyrrole nitrogens is 1. The monoisotopic (exact) mass is 363 g/mol. The third-order valence-electron chi connectivity index (χ3n) is 5.11. The van der Waals surface area contributed by atoms with Gasteiger partial charge in [0.2, 0.25) is 5.90 Å². The topological polar surface area (TPSA) is 81.7 Å². The second kappa shape index (κ2) is 6.55. The molecule has 2 aromatic heterocycles. The highest BCUT2D eigenvalue weighted by atomic mass is 16.5. The fourth-order valence-electron chi connectivity index (χ4n) is 3.51. The zero-order chi connectivity index (χ0) is 18.2. The van der Waals surface area contributed by atoms with Crippen LogP contribution in [0.5, 0.6) is 0 Å². The lowest BCUT2D eigenvalue weighted by molar-refractivity contribution is 0.312. The van der Waals surface area contributed by atoms with Crippen molar-refractivity contribution >= 4 is 22.6 Å². The summed E-state index contributed by atoms with van der Waals surface area (Å²) in [5.41, 5.74) is 6.72. The summed E-state index contributed by atoms with van der Waals surface area (Å²) in [6, 6.07) is 6.24. The SMILES string of the molecule is CN1CCN(c2cncc(-c3ccc4[nH]cc(C5=NNCO5)c4c3)n2)CC1. The molecule has 0 aliphatic carbocycles. The molecule has 2 aliphatic rings. The first-order valence-corrected chi connectivity index (χ1v) is 9.09. The smallest absolute Gasteiger partial charge is 0.241 e. The Bertz CT molecular complexity index is 1000. The highest BCUT2D eigenvalue weighted by Crippen LogP contribution is 2.27. The van der Waals surface area contributed by atoms with Crippen molar-refractivity contribution in [2.75, 3.05) is 44.9 Å². The van der Waals surface area contributed by atoms with Crippen molar-refractivity contribution in [2.24, 2.45) is 5.10 Å². The van der Waals surface area contributed by atoms with Crippen LogP contribution in [0.2, 0.25) is 0 Å². The van der Waals surface area contributed by atoms with Gasteiger partial charge < -0.3 is 19.5 Å². The van der Waals surface area contributed by atoms with Crippen LogP contribution >= 0.6 is 0 Å². The molecule has 27 heavy (non-hydrogen) atoms. The van der Waals surface area contributed by atoms with Crippen molar-refractivity contribution in [3.63, 3.8) is 0 Å². The first kappa shape index (κ1) is 16.1. The van der Waals surface area contributed by atoms with E-state index in [1.807, 2.05) is 18.6 Å². The zero-order valence-corrected chi connectivity index (χ0v) is 15.1. The number of anilines is 1. The summed E-state index contributed by atoms with van der Waals surface area (Å²) in [4.78, 5) is 17.2. The number of ether oxygens (including phenoxy) is 1. The number of nitrogens with zero attached hydrogens (tertiary/aromatic N) is 5. The quantitative estimate of drug-likeness (QED) is 0.736. The van der Waals surface area contributed by atoms with Crippen LogP contribution in [0.1, 0.15) is 5.56 Å². The molecule has 0 saturated carbocycles. The van der Waals surface area contributed by atoms with Gasteiger partial charge in [-0.05, 0) is 19.2 Å². The molecule has 0 amide bonds. The molecular formula is C19H21N7O. The predicted molar refractivity (Wildman–Crippen MR) is 105 cm³/mol. The normalized spacial score (nSPS) is 17.7. The maximum atomic E-state index is 5.54. The number of hydrazone groups is 1. The molecule has 8 heteroatoms. The van der Waals surface area contributed by atoms with E-state index in [0.29, 0.717) is 12.6 Å². The van der Waals surface area contributed by atoms with Crippen LogP contribution in [0.25, 0.3) is 22.2 Å². The molecule has 0 unspecified atom stereocenters. The summed E-state index contributed by atoms with van der Waals surface area (Å²) in [5.74, 6) is 1.54. The predicted octanol–water partition coefficient (Wildman–Crippen LogP) is 1.62. The molecule has 5 rings (SSSR count). The Kier molecular flexibility index (Phi) is 3.90. The van der Waals surface area contributed by atoms with Gasteiger partial charge >= 0.3 is 0 Å². The van der Waals surface area contributed by atoms with Crippen molar-refractivity contribution in [1.82, 2.24) is 25.3 Å². The highest BCUT2D eigenvalue weighted by molar-refractivity contribution is 6.07. The maximum Gasteiger partial charge on any atom is 0.241 e. The third-order valence-corrected chi connectivity index (χ3v) is 5.11. The molecule has 3 aromatic rings. The molecule has 138 valence electrons. The van der Waals surface area contributed by atoms with E-state index < -0.39 is 0 Å². The molecule has 2 N–H and O–H groups in total. The second-order valence-corrected chi connectivity index (χ2v) is 6.88. The summed E-state index contributed by atoms with van der Waals surface area (Å²) in [6.07, 6.45) is 5.59. The zero-order valence-electron chi connectivity index (χ0n) is 15.1. The van der Waals surface area contributed by atoms with E-state index in [-0.39, 0.29) is 0 Å². The number of likely N-dealkylation sites (N-methyl/N-ethyl adjacent to an activating group) is 1. The van der Waals surface area contributed by atoms with E-state index >= 15 is 0 Å². The number of benzene rings is 1. The van der Waals surface area contributed by atoms with Crippen molar-refractivity contribution < 1.29 is 4.74 Å². The first-order chi connectivity index (χ1) is 13.3. The van der Waals surface area contributed by atoms with Crippen LogP contribution in [0.4, 0.5) is 5.82 Å². The molecule has 1 fully saturated rings. The van der Waals surface area contributed by atoms with Gasteiger partial charge in [0.15, 0.2) is 6.73 Å². The van der Waals surface area contributed by atoms with Gasteiger partial charge in [0, 0.05) is 48.8 Å². The molecule has 0 spiro atoms. The van der Waals surface area contributed by atoms with Gasteiger partial charge in [-0.1, -0.05) is 6.07 Å². The largest absolute Gasteiger partial charge is 0.453 e. The van der Waals surface area contributed by atoms with Gasteiger partial charge in [-0.15, -0.1) is 5.10 Å². The summed E-state index contributed by atoms with van der Waals surface area (Å²) >= 11 is 0. The number of fused-ring (bicyclic) bond motifs is 1. The number of hydrogen-bond acceptors (Lipinski definition) is 7. The lowest BCUT2D eigenvalue weighted by Gasteiger charge is -2.33. The number of aromatic amines is 1. The number of nitrogens with one attached hydrogen (secondary N) is 2. The molecule has 1 saturated heterocycles. The minimum absolute atomic E-state index is 0.403. The van der Waals surface area contributed by atoms with Crippen LogP contribution in [-0.2, 0) is 4.74 Å². The molecule has 0 atom stereocenters. The lowest BCUT2D eigenvalue weighted by Crippen LogP contribution is -2.44. The van der Waals surface area contributed by atoms with E-state index in [9.17, 15) is 0 Å². The molecule has 2 aliphatic heterocycles. The fourth-order valence-corrected chi connectivity index (χ4v) is 3.51. The van der Waals surface area contributed by atoms with E-state index in [0.717, 1.165) is 59.7 Å². The standard InChI is InChI=1S/C19H21N7O/c1-25-4-6-26(7-5-25)18-11-20-10-17(23-18)13-2-3-16-14(8-13)15(9-21-16)19-24-22-12-27-19/h2-3,8-11,21-22H,4-7,12H2,1H3. The van der Waals surface area contributed by atoms with Crippen molar-refractivity contribution in [3.8, 4) is 11.3 Å². The Labute approximate surface area is 156 Å². The molecule has 0 radical (unpaired) electrons. The van der Waals surface area contributed by atoms with Crippen molar-refractivity contribution in [1.29, 1.82) is 0 Å². The number of aromatic nitrogens is 3. The van der Waals surface area contributed by atoms with E-state index in [1.54, 1.807) is 0 Å². The second-order valence-electron chi connectivity index (χ2n) is 6.88. The third kappa shape index (κ3) is 2.97. The van der Waals surface area contributed by atoms with Crippen LogP contribution in [0, 0.1) is 0 Å². The molecule has 4 heterocycles. The molecular weight excluding hydrogens is 342 g/mol. The highest BCUT2D eigenvalue weighted by Gasteiger charge is 2.18. The van der Waals surface area contributed by atoms with Crippen LogP contribution < -0.4 is 10.3 Å². The van der Waals surface area contributed by atoms with Gasteiger partial charge in [0.25, 0.3) is 0 Å². The van der Waals surface area contributed by atoms with Gasteiger partial charge in [-0.3, -0.25) is 10.4 Å². The summed E-state index contributed by atoms with van der Waals surface area (Å²) in [6.45, 7) is 4.43. The van der Waals surface area contributed by atoms with Crippen molar-refractivity contribution in [3.05, 3.63) is 42.4 Å². The summed E-state index contributed by atoms with van der Waals surface area (Å²) in [7, 11) is 2.15. The van der Waals surface area contributed by atoms with E-state index in [4.69, 9.17) is 9.72 Å². The Morgan fingerprint density at radius 2 is 2.00 bits per heavy atom. The molecule has 1 aromatic carbocycles.